The molecule has 6 fully saturated rings. The summed E-state index contributed by atoms with van der Waals surface area (Å²) >= 11 is 0. The van der Waals surface area contributed by atoms with Crippen molar-refractivity contribution in [3.63, 3.8) is 0 Å². The molecular formula is C27H38N2O. The first-order valence-corrected chi connectivity index (χ1v) is 12.4. The lowest BCUT2D eigenvalue weighted by atomic mass is 9.42. The number of carbonyl (C=O) groups is 1. The normalized spacial score (nSPS) is 42.6. The Balaban J connectivity index is 1.30. The third-order valence-corrected chi connectivity index (χ3v) is 9.99. The van der Waals surface area contributed by atoms with Gasteiger partial charge >= 0.3 is 0 Å². The van der Waals surface area contributed by atoms with Crippen molar-refractivity contribution in [1.29, 1.82) is 0 Å². The maximum absolute atomic E-state index is 14.1. The molecule has 0 N–H and O–H groups in total. The van der Waals surface area contributed by atoms with Crippen LogP contribution in [0, 0.1) is 36.5 Å². The van der Waals surface area contributed by atoms with Crippen molar-refractivity contribution in [3.05, 3.63) is 34.9 Å². The minimum absolute atomic E-state index is 0.0705. The van der Waals surface area contributed by atoms with Crippen LogP contribution in [-0.4, -0.2) is 48.9 Å². The number of carbonyl (C=O) groups excluding carboxylic acids is 1. The zero-order valence-electron chi connectivity index (χ0n) is 19.2. The second-order valence-corrected chi connectivity index (χ2v) is 12.3. The van der Waals surface area contributed by atoms with E-state index < -0.39 is 0 Å². The van der Waals surface area contributed by atoms with Crippen molar-refractivity contribution in [2.75, 3.05) is 33.2 Å². The van der Waals surface area contributed by atoms with Gasteiger partial charge in [0.15, 0.2) is 0 Å². The zero-order chi connectivity index (χ0) is 20.7. The van der Waals surface area contributed by atoms with E-state index in [2.05, 4.69) is 48.9 Å². The second-order valence-electron chi connectivity index (χ2n) is 12.3. The van der Waals surface area contributed by atoms with Gasteiger partial charge in [0.1, 0.15) is 0 Å². The number of aryl methyl sites for hydroxylation is 2. The number of rotatable bonds is 2. The monoisotopic (exact) mass is 406 g/mol. The molecule has 4 saturated carbocycles. The molecule has 4 bridgehead atoms. The molecule has 1 aromatic carbocycles. The van der Waals surface area contributed by atoms with Gasteiger partial charge in [-0.1, -0.05) is 18.2 Å². The van der Waals surface area contributed by atoms with E-state index in [1.165, 1.54) is 74.7 Å². The molecule has 1 amide bonds. The van der Waals surface area contributed by atoms with Crippen LogP contribution in [0.5, 0.6) is 0 Å². The van der Waals surface area contributed by atoms with Crippen LogP contribution in [0.25, 0.3) is 0 Å². The van der Waals surface area contributed by atoms with Crippen LogP contribution >= 0.6 is 0 Å². The molecule has 162 valence electrons. The van der Waals surface area contributed by atoms with E-state index in [4.69, 9.17) is 0 Å². The van der Waals surface area contributed by atoms with Gasteiger partial charge in [-0.15, -0.1) is 0 Å². The number of benzene rings is 1. The molecule has 3 heteroatoms. The van der Waals surface area contributed by atoms with Gasteiger partial charge in [0.05, 0.1) is 5.41 Å². The first-order valence-electron chi connectivity index (χ1n) is 12.4. The summed E-state index contributed by atoms with van der Waals surface area (Å²) in [5.74, 6) is 2.05. The Morgan fingerprint density at radius 3 is 2.37 bits per heavy atom. The van der Waals surface area contributed by atoms with Gasteiger partial charge in [-0.3, -0.25) is 4.79 Å². The minimum Gasteiger partial charge on any atom is -0.342 e. The zero-order valence-corrected chi connectivity index (χ0v) is 19.2. The minimum atomic E-state index is -0.0705. The molecule has 4 aliphatic carbocycles. The van der Waals surface area contributed by atoms with Crippen molar-refractivity contribution >= 4 is 5.91 Å². The average molecular weight is 407 g/mol. The summed E-state index contributed by atoms with van der Waals surface area (Å²) in [6.07, 6.45) is 9.93. The van der Waals surface area contributed by atoms with Crippen molar-refractivity contribution in [2.45, 2.75) is 70.6 Å². The molecule has 3 nitrogen and oxygen atoms in total. The Bertz CT molecular complexity index is 877. The summed E-state index contributed by atoms with van der Waals surface area (Å²) in [5, 5.41) is 0. The van der Waals surface area contributed by atoms with E-state index in [1.807, 2.05) is 0 Å². The maximum atomic E-state index is 14.1. The van der Waals surface area contributed by atoms with Crippen molar-refractivity contribution < 1.29 is 4.79 Å². The van der Waals surface area contributed by atoms with Crippen LogP contribution in [0.3, 0.4) is 0 Å². The summed E-state index contributed by atoms with van der Waals surface area (Å²) in [5.41, 5.74) is 4.90. The molecule has 2 aliphatic heterocycles. The number of amides is 1. The summed E-state index contributed by atoms with van der Waals surface area (Å²) in [7, 11) is 2.24. The molecule has 7 rings (SSSR count). The maximum Gasteiger partial charge on any atom is 0.228 e. The lowest BCUT2D eigenvalue weighted by Crippen LogP contribution is -2.59. The van der Waals surface area contributed by atoms with Gasteiger partial charge in [-0.2, -0.15) is 0 Å². The number of hydrogen-bond acceptors (Lipinski definition) is 2. The summed E-state index contributed by atoms with van der Waals surface area (Å²) < 4.78 is 0. The van der Waals surface area contributed by atoms with Gasteiger partial charge in [0.25, 0.3) is 0 Å². The van der Waals surface area contributed by atoms with Crippen molar-refractivity contribution in [3.8, 4) is 0 Å². The highest BCUT2D eigenvalue weighted by Gasteiger charge is 2.62. The third-order valence-electron chi connectivity index (χ3n) is 9.99. The SMILES string of the molecule is Cc1ccc(C23CC4CC(CC(C(=O)N5CCC6(CCN(C)C6)C5)(C4)C2)C3)cc1C. The Labute approximate surface area is 182 Å². The van der Waals surface area contributed by atoms with Gasteiger partial charge in [0.2, 0.25) is 5.91 Å². The fraction of sp³-hybridized carbons (Fsp3) is 0.741. The first-order chi connectivity index (χ1) is 14.3. The second kappa shape index (κ2) is 6.34. The molecule has 2 heterocycles. The van der Waals surface area contributed by atoms with Gasteiger partial charge < -0.3 is 9.80 Å². The van der Waals surface area contributed by atoms with Crippen LogP contribution in [-0.2, 0) is 10.2 Å². The molecule has 0 radical (unpaired) electrons. The lowest BCUT2D eigenvalue weighted by Gasteiger charge is -2.62. The Kier molecular flexibility index (Phi) is 4.09. The van der Waals surface area contributed by atoms with Crippen molar-refractivity contribution in [1.82, 2.24) is 9.80 Å². The van der Waals surface area contributed by atoms with Gasteiger partial charge in [-0.25, -0.2) is 0 Å². The molecule has 1 aromatic rings. The molecule has 3 atom stereocenters. The van der Waals surface area contributed by atoms with E-state index in [9.17, 15) is 4.79 Å². The van der Waals surface area contributed by atoms with E-state index in [-0.39, 0.29) is 10.8 Å². The molecule has 1 spiro atoms. The summed E-state index contributed by atoms with van der Waals surface area (Å²) in [6, 6.07) is 7.17. The topological polar surface area (TPSA) is 23.6 Å². The molecule has 30 heavy (non-hydrogen) atoms. The van der Waals surface area contributed by atoms with E-state index >= 15 is 0 Å². The van der Waals surface area contributed by atoms with Crippen LogP contribution in [0.2, 0.25) is 0 Å². The Hall–Kier alpha value is -1.35. The highest BCUT2D eigenvalue weighted by atomic mass is 16.2. The molecular weight excluding hydrogens is 368 g/mol. The fourth-order valence-electron chi connectivity index (χ4n) is 8.86. The largest absolute Gasteiger partial charge is 0.342 e. The first kappa shape index (κ1) is 19.3. The summed E-state index contributed by atoms with van der Waals surface area (Å²) in [6.45, 7) is 8.87. The Morgan fingerprint density at radius 1 is 0.967 bits per heavy atom. The van der Waals surface area contributed by atoms with E-state index in [0.29, 0.717) is 11.3 Å². The fourth-order valence-corrected chi connectivity index (χ4v) is 8.86. The molecule has 3 unspecified atom stereocenters. The van der Waals surface area contributed by atoms with E-state index in [1.54, 1.807) is 0 Å². The van der Waals surface area contributed by atoms with Crippen LogP contribution in [0.15, 0.2) is 18.2 Å². The Morgan fingerprint density at radius 2 is 1.70 bits per heavy atom. The number of hydrogen-bond donors (Lipinski definition) is 0. The van der Waals surface area contributed by atoms with Crippen LogP contribution in [0.1, 0.15) is 68.1 Å². The smallest absolute Gasteiger partial charge is 0.228 e. The molecule has 0 aromatic heterocycles. The van der Waals surface area contributed by atoms with E-state index in [0.717, 1.165) is 31.3 Å². The highest BCUT2D eigenvalue weighted by molar-refractivity contribution is 5.84. The molecule has 6 aliphatic rings. The van der Waals surface area contributed by atoms with Gasteiger partial charge in [-0.05, 0) is 113 Å². The quantitative estimate of drug-likeness (QED) is 0.711. The highest BCUT2D eigenvalue weighted by Crippen LogP contribution is 2.66. The predicted octanol–water partition coefficient (Wildman–Crippen LogP) is 4.70. The molecule has 2 saturated heterocycles. The summed E-state index contributed by atoms with van der Waals surface area (Å²) in [4.78, 5) is 18.9. The standard InChI is InChI=1S/C27H38N2O/c1-19-4-5-23(10-20(19)2)26-12-21-11-22(13-26)15-27(14-21,16-26)24(30)29-9-7-25(18-29)6-8-28(3)17-25/h4-5,10,21-22H,6-9,11-18H2,1-3H3. The van der Waals surface area contributed by atoms with Crippen molar-refractivity contribution in [2.24, 2.45) is 22.7 Å². The van der Waals surface area contributed by atoms with Gasteiger partial charge in [0, 0.05) is 25.0 Å². The number of likely N-dealkylation sites (tertiary alicyclic amines) is 2. The third kappa shape index (κ3) is 2.76. The van der Waals surface area contributed by atoms with Crippen LogP contribution in [0.4, 0.5) is 0 Å². The number of nitrogens with zero attached hydrogens (tertiary/aromatic N) is 2. The van der Waals surface area contributed by atoms with Crippen LogP contribution < -0.4 is 0 Å². The average Bonchev–Trinajstić information content (AvgIpc) is 3.28. The lowest BCUT2D eigenvalue weighted by molar-refractivity contribution is -0.159. The predicted molar refractivity (Wildman–Crippen MR) is 120 cm³/mol.